The van der Waals surface area contributed by atoms with Crippen LogP contribution in [0.25, 0.3) is 11.2 Å². The highest BCUT2D eigenvalue weighted by Crippen LogP contribution is 2.43. The second kappa shape index (κ2) is 5.30. The summed E-state index contributed by atoms with van der Waals surface area (Å²) in [4.78, 5) is 22.1. The number of nitrogens with one attached hydrogen (secondary N) is 1. The van der Waals surface area contributed by atoms with Gasteiger partial charge in [-0.05, 0) is 6.42 Å². The molecule has 0 amide bonds. The molecule has 1 saturated heterocycles. The van der Waals surface area contributed by atoms with Gasteiger partial charge in [0.25, 0.3) is 5.56 Å². The van der Waals surface area contributed by atoms with Gasteiger partial charge in [-0.1, -0.05) is 0 Å². The van der Waals surface area contributed by atoms with Gasteiger partial charge in [0, 0.05) is 11.9 Å². The van der Waals surface area contributed by atoms with Gasteiger partial charge in [-0.2, -0.15) is 4.98 Å². The number of anilines is 1. The Labute approximate surface area is 122 Å². The zero-order valence-electron chi connectivity index (χ0n) is 10.9. The molecule has 9 nitrogen and oxygen atoms in total. The van der Waals surface area contributed by atoms with Crippen LogP contribution in [0.2, 0.25) is 0 Å². The van der Waals surface area contributed by atoms with E-state index in [1.54, 1.807) is 0 Å². The summed E-state index contributed by atoms with van der Waals surface area (Å²) in [7, 11) is 0. The van der Waals surface area contributed by atoms with Crippen molar-refractivity contribution in [3.05, 3.63) is 16.7 Å². The summed E-state index contributed by atoms with van der Waals surface area (Å²) >= 11 is 1.31. The Morgan fingerprint density at radius 2 is 2.19 bits per heavy atom. The Balaban J connectivity index is 2.03. The maximum absolute atomic E-state index is 11.7. The highest BCUT2D eigenvalue weighted by molar-refractivity contribution is 8.00. The molecular formula is C11H15N5O4S. The first-order valence-corrected chi connectivity index (χ1v) is 7.32. The lowest BCUT2D eigenvalue weighted by Gasteiger charge is -2.16. The molecule has 1 aliphatic rings. The molecule has 0 radical (unpaired) electrons. The lowest BCUT2D eigenvalue weighted by Crippen LogP contribution is -2.31. The standard InChI is InChI=1S/C11H15N5O4S/c12-11-14-8-5(9(20)15-11)13-3-16(8)10-7(19)6(18)4(21-10)1-2-17/h3-4,6-7,10,17-19H,1-2H2,(H3,12,14,15,20)/t4-,6-,7-,10-/m1/s1. The van der Waals surface area contributed by atoms with Gasteiger partial charge in [0.15, 0.2) is 11.2 Å². The molecule has 3 rings (SSSR count). The van der Waals surface area contributed by atoms with Crippen molar-refractivity contribution in [1.82, 2.24) is 19.5 Å². The Bertz CT molecular complexity index is 716. The van der Waals surface area contributed by atoms with Crippen LogP contribution in [0.1, 0.15) is 11.8 Å². The lowest BCUT2D eigenvalue weighted by atomic mass is 10.1. The van der Waals surface area contributed by atoms with Gasteiger partial charge >= 0.3 is 0 Å². The number of hydrogen-bond donors (Lipinski definition) is 5. The van der Waals surface area contributed by atoms with Gasteiger partial charge in [0.2, 0.25) is 5.95 Å². The predicted molar refractivity (Wildman–Crippen MR) is 76.7 cm³/mol. The molecule has 21 heavy (non-hydrogen) atoms. The number of hydrogen-bond acceptors (Lipinski definition) is 8. The van der Waals surface area contributed by atoms with E-state index in [2.05, 4.69) is 15.0 Å². The van der Waals surface area contributed by atoms with E-state index < -0.39 is 23.1 Å². The molecule has 0 bridgehead atoms. The van der Waals surface area contributed by atoms with Crippen LogP contribution in [0, 0.1) is 0 Å². The number of thioether (sulfide) groups is 1. The van der Waals surface area contributed by atoms with Gasteiger partial charge in [0.05, 0.1) is 12.4 Å². The zero-order chi connectivity index (χ0) is 15.1. The fourth-order valence-electron chi connectivity index (χ4n) is 2.45. The van der Waals surface area contributed by atoms with Crippen molar-refractivity contribution in [2.75, 3.05) is 12.3 Å². The monoisotopic (exact) mass is 313 g/mol. The number of aliphatic hydroxyl groups excluding tert-OH is 3. The van der Waals surface area contributed by atoms with E-state index in [1.807, 2.05) is 0 Å². The Kier molecular flexibility index (Phi) is 3.61. The Morgan fingerprint density at radius 1 is 1.43 bits per heavy atom. The van der Waals surface area contributed by atoms with Crippen LogP contribution in [-0.4, -0.2) is 58.9 Å². The molecule has 3 heterocycles. The normalized spacial score (nSPS) is 29.3. The number of aliphatic hydroxyl groups is 3. The van der Waals surface area contributed by atoms with Crippen LogP contribution in [0.15, 0.2) is 11.1 Å². The van der Waals surface area contributed by atoms with Crippen molar-refractivity contribution >= 4 is 28.9 Å². The van der Waals surface area contributed by atoms with E-state index in [4.69, 9.17) is 10.8 Å². The van der Waals surface area contributed by atoms with E-state index in [9.17, 15) is 15.0 Å². The van der Waals surface area contributed by atoms with E-state index in [1.165, 1.54) is 22.7 Å². The number of nitrogens with two attached hydrogens (primary N) is 1. The number of imidazole rings is 1. The van der Waals surface area contributed by atoms with Crippen molar-refractivity contribution in [2.24, 2.45) is 0 Å². The quantitative estimate of drug-likeness (QED) is 0.455. The Hall–Kier alpha value is -1.62. The number of nitrogens with zero attached hydrogens (tertiary/aromatic N) is 3. The molecule has 0 saturated carbocycles. The third-order valence-corrected chi connectivity index (χ3v) is 5.12. The first kappa shape index (κ1) is 14.3. The number of nitrogen functional groups attached to an aromatic ring is 1. The summed E-state index contributed by atoms with van der Waals surface area (Å²) in [6, 6.07) is 0. The van der Waals surface area contributed by atoms with Gasteiger partial charge in [-0.15, -0.1) is 11.8 Å². The number of rotatable bonds is 3. The summed E-state index contributed by atoms with van der Waals surface area (Å²) < 4.78 is 1.52. The van der Waals surface area contributed by atoms with Crippen LogP contribution in [0.4, 0.5) is 5.95 Å². The summed E-state index contributed by atoms with van der Waals surface area (Å²) in [5, 5.41) is 28.3. The molecule has 4 atom stereocenters. The fraction of sp³-hybridized carbons (Fsp3) is 0.545. The van der Waals surface area contributed by atoms with Crippen LogP contribution in [0.5, 0.6) is 0 Å². The molecular weight excluding hydrogens is 298 g/mol. The van der Waals surface area contributed by atoms with Crippen LogP contribution in [0.3, 0.4) is 0 Å². The molecule has 2 aromatic rings. The minimum Gasteiger partial charge on any atom is -0.396 e. The lowest BCUT2D eigenvalue weighted by molar-refractivity contribution is 0.0156. The first-order chi connectivity index (χ1) is 10.0. The van der Waals surface area contributed by atoms with Crippen molar-refractivity contribution in [2.45, 2.75) is 29.3 Å². The molecule has 0 spiro atoms. The molecule has 2 aromatic heterocycles. The molecule has 0 unspecified atom stereocenters. The summed E-state index contributed by atoms with van der Waals surface area (Å²) in [5.41, 5.74) is 5.45. The summed E-state index contributed by atoms with van der Waals surface area (Å²) in [6.45, 7) is -0.0797. The SMILES string of the molecule is Nc1nc2c(ncn2[C@@H]2S[C@H](CCO)[C@@H](O)[C@H]2O)c(=O)[nH]1. The molecule has 0 aromatic carbocycles. The van der Waals surface area contributed by atoms with E-state index in [0.717, 1.165) is 0 Å². The minimum atomic E-state index is -1.05. The number of fused-ring (bicyclic) bond motifs is 1. The van der Waals surface area contributed by atoms with Crippen molar-refractivity contribution in [3.8, 4) is 0 Å². The highest BCUT2D eigenvalue weighted by atomic mass is 32.2. The molecule has 114 valence electrons. The van der Waals surface area contributed by atoms with E-state index in [0.29, 0.717) is 6.42 Å². The van der Waals surface area contributed by atoms with Gasteiger partial charge in [0.1, 0.15) is 11.5 Å². The van der Waals surface area contributed by atoms with Crippen molar-refractivity contribution < 1.29 is 15.3 Å². The number of H-pyrrole nitrogens is 1. The molecule has 6 N–H and O–H groups in total. The van der Waals surface area contributed by atoms with Crippen LogP contribution >= 0.6 is 11.8 Å². The summed E-state index contributed by atoms with van der Waals surface area (Å²) in [5.74, 6) is -0.0424. The third kappa shape index (κ3) is 2.29. The second-order valence-electron chi connectivity index (χ2n) is 4.83. The largest absolute Gasteiger partial charge is 0.396 e. The van der Waals surface area contributed by atoms with Gasteiger partial charge < -0.3 is 21.1 Å². The molecule has 1 fully saturated rings. The topological polar surface area (TPSA) is 150 Å². The smallest absolute Gasteiger partial charge is 0.280 e. The van der Waals surface area contributed by atoms with Crippen molar-refractivity contribution in [3.63, 3.8) is 0 Å². The number of aromatic nitrogens is 4. The maximum Gasteiger partial charge on any atom is 0.280 e. The zero-order valence-corrected chi connectivity index (χ0v) is 11.7. The fourth-order valence-corrected chi connectivity index (χ4v) is 3.98. The second-order valence-corrected chi connectivity index (χ2v) is 6.19. The van der Waals surface area contributed by atoms with Crippen LogP contribution < -0.4 is 11.3 Å². The number of aromatic amines is 1. The molecule has 10 heteroatoms. The average molecular weight is 313 g/mol. The van der Waals surface area contributed by atoms with Crippen molar-refractivity contribution in [1.29, 1.82) is 0 Å². The third-order valence-electron chi connectivity index (χ3n) is 3.48. The maximum atomic E-state index is 11.7. The first-order valence-electron chi connectivity index (χ1n) is 6.37. The van der Waals surface area contributed by atoms with Gasteiger partial charge in [-0.25, -0.2) is 4.98 Å². The predicted octanol–water partition coefficient (Wildman–Crippen LogP) is -1.58. The van der Waals surface area contributed by atoms with E-state index >= 15 is 0 Å². The average Bonchev–Trinajstić information content (AvgIpc) is 2.96. The van der Waals surface area contributed by atoms with Gasteiger partial charge in [-0.3, -0.25) is 14.3 Å². The Morgan fingerprint density at radius 3 is 2.90 bits per heavy atom. The highest BCUT2D eigenvalue weighted by Gasteiger charge is 2.43. The van der Waals surface area contributed by atoms with E-state index in [-0.39, 0.29) is 29.0 Å². The minimum absolute atomic E-state index is 0.0424. The molecule has 0 aliphatic carbocycles. The molecule has 1 aliphatic heterocycles. The van der Waals surface area contributed by atoms with Crippen LogP contribution in [-0.2, 0) is 0 Å². The summed E-state index contributed by atoms with van der Waals surface area (Å²) in [6.07, 6.45) is -0.265.